The van der Waals surface area contributed by atoms with E-state index in [4.69, 9.17) is 0 Å². The molecule has 2 aromatic rings. The van der Waals surface area contributed by atoms with E-state index in [0.29, 0.717) is 13.0 Å². The lowest BCUT2D eigenvalue weighted by Crippen LogP contribution is -2.29. The number of para-hydroxylation sites is 1. The molecule has 5 nitrogen and oxygen atoms in total. The summed E-state index contributed by atoms with van der Waals surface area (Å²) in [5.74, 6) is 0.149. The van der Waals surface area contributed by atoms with Crippen molar-refractivity contribution in [3.8, 4) is 0 Å². The molecule has 0 atom stereocenters. The smallest absolute Gasteiger partial charge is 0.228 e. The van der Waals surface area contributed by atoms with E-state index in [1.807, 2.05) is 23.1 Å². The zero-order valence-corrected chi connectivity index (χ0v) is 9.99. The normalized spacial score (nSPS) is 13.7. The van der Waals surface area contributed by atoms with E-state index in [1.165, 1.54) is 11.9 Å². The third-order valence-electron chi connectivity index (χ3n) is 3.21. The number of fused-ring (bicyclic) bond motifs is 1. The van der Waals surface area contributed by atoms with Crippen LogP contribution in [0.5, 0.6) is 0 Å². The Bertz CT molecular complexity index is 550. The summed E-state index contributed by atoms with van der Waals surface area (Å²) in [6, 6.07) is 8.08. The summed E-state index contributed by atoms with van der Waals surface area (Å²) in [7, 11) is 0. The summed E-state index contributed by atoms with van der Waals surface area (Å²) in [5.41, 5.74) is 2.31. The average molecular weight is 242 g/mol. The fourth-order valence-electron chi connectivity index (χ4n) is 2.29. The predicted octanol–water partition coefficient (Wildman–Crippen LogP) is 1.26. The maximum atomic E-state index is 12.2. The number of aromatic nitrogens is 3. The molecule has 0 aliphatic carbocycles. The first kappa shape index (κ1) is 11.0. The molecular weight excluding hydrogens is 228 g/mol. The van der Waals surface area contributed by atoms with E-state index in [0.717, 1.165) is 18.7 Å². The van der Waals surface area contributed by atoms with Crippen LogP contribution in [-0.4, -0.2) is 27.2 Å². The molecule has 5 heteroatoms. The number of benzene rings is 1. The Hall–Kier alpha value is -2.17. The molecule has 2 heterocycles. The van der Waals surface area contributed by atoms with Gasteiger partial charge in [-0.2, -0.15) is 5.10 Å². The zero-order valence-electron chi connectivity index (χ0n) is 9.99. The van der Waals surface area contributed by atoms with Gasteiger partial charge in [0, 0.05) is 18.7 Å². The highest BCUT2D eigenvalue weighted by Crippen LogP contribution is 2.27. The van der Waals surface area contributed by atoms with E-state index < -0.39 is 0 Å². The minimum absolute atomic E-state index is 0.149. The van der Waals surface area contributed by atoms with Crippen LogP contribution in [0.1, 0.15) is 12.0 Å². The molecule has 0 saturated heterocycles. The summed E-state index contributed by atoms with van der Waals surface area (Å²) in [6.07, 6.45) is 4.52. The lowest BCUT2D eigenvalue weighted by Gasteiger charge is -2.17. The molecule has 0 N–H and O–H groups in total. The quantitative estimate of drug-likeness (QED) is 0.814. The standard InChI is InChI=1S/C13H14N4O/c18-13(6-7-16-10-14-9-15-16)17-8-5-11-3-1-2-4-12(11)17/h1-4,9-10H,5-8H2. The van der Waals surface area contributed by atoms with Crippen LogP contribution in [-0.2, 0) is 17.8 Å². The Morgan fingerprint density at radius 2 is 2.22 bits per heavy atom. The van der Waals surface area contributed by atoms with Gasteiger partial charge >= 0.3 is 0 Å². The van der Waals surface area contributed by atoms with Crippen molar-refractivity contribution in [2.45, 2.75) is 19.4 Å². The van der Waals surface area contributed by atoms with Gasteiger partial charge in [-0.25, -0.2) is 4.98 Å². The van der Waals surface area contributed by atoms with E-state index in [-0.39, 0.29) is 5.91 Å². The van der Waals surface area contributed by atoms with E-state index in [1.54, 1.807) is 11.0 Å². The predicted molar refractivity (Wildman–Crippen MR) is 67.1 cm³/mol. The van der Waals surface area contributed by atoms with Gasteiger partial charge in [0.25, 0.3) is 0 Å². The molecule has 0 spiro atoms. The van der Waals surface area contributed by atoms with Crippen molar-refractivity contribution in [2.24, 2.45) is 0 Å². The average Bonchev–Trinajstić information content (AvgIpc) is 3.05. The Morgan fingerprint density at radius 3 is 3.06 bits per heavy atom. The first-order valence-electron chi connectivity index (χ1n) is 6.05. The number of aryl methyl sites for hydroxylation is 1. The van der Waals surface area contributed by atoms with Crippen molar-refractivity contribution in [2.75, 3.05) is 11.4 Å². The van der Waals surface area contributed by atoms with Crippen molar-refractivity contribution in [1.29, 1.82) is 0 Å². The fourth-order valence-corrected chi connectivity index (χ4v) is 2.29. The van der Waals surface area contributed by atoms with E-state index in [2.05, 4.69) is 16.1 Å². The highest BCUT2D eigenvalue weighted by Gasteiger charge is 2.23. The summed E-state index contributed by atoms with van der Waals surface area (Å²) >= 11 is 0. The van der Waals surface area contributed by atoms with Gasteiger partial charge in [-0.1, -0.05) is 18.2 Å². The number of carbonyl (C=O) groups is 1. The summed E-state index contributed by atoms with van der Waals surface area (Å²) in [6.45, 7) is 1.37. The van der Waals surface area contributed by atoms with Gasteiger partial charge in [0.1, 0.15) is 12.7 Å². The van der Waals surface area contributed by atoms with Crippen LogP contribution in [0.2, 0.25) is 0 Å². The van der Waals surface area contributed by atoms with E-state index >= 15 is 0 Å². The van der Waals surface area contributed by atoms with Gasteiger partial charge in [0.2, 0.25) is 5.91 Å². The monoisotopic (exact) mass is 242 g/mol. The second kappa shape index (κ2) is 4.60. The minimum atomic E-state index is 0.149. The van der Waals surface area contributed by atoms with Crippen LogP contribution in [0.3, 0.4) is 0 Å². The number of anilines is 1. The molecule has 3 rings (SSSR count). The maximum absolute atomic E-state index is 12.2. The molecule has 1 aliphatic heterocycles. The Morgan fingerprint density at radius 1 is 1.33 bits per heavy atom. The largest absolute Gasteiger partial charge is 0.312 e. The molecule has 0 radical (unpaired) electrons. The van der Waals surface area contributed by atoms with Crippen LogP contribution < -0.4 is 4.90 Å². The summed E-state index contributed by atoms with van der Waals surface area (Å²) in [4.78, 5) is 17.9. The topological polar surface area (TPSA) is 51.0 Å². The first-order chi connectivity index (χ1) is 8.84. The lowest BCUT2D eigenvalue weighted by atomic mass is 10.2. The number of amides is 1. The van der Waals surface area contributed by atoms with Gasteiger partial charge in [0.15, 0.2) is 0 Å². The molecule has 1 amide bonds. The minimum Gasteiger partial charge on any atom is -0.312 e. The number of carbonyl (C=O) groups excluding carboxylic acids is 1. The molecule has 18 heavy (non-hydrogen) atoms. The molecule has 1 aromatic heterocycles. The molecule has 1 aliphatic rings. The highest BCUT2D eigenvalue weighted by atomic mass is 16.2. The first-order valence-corrected chi connectivity index (χ1v) is 6.05. The summed E-state index contributed by atoms with van der Waals surface area (Å²) in [5, 5.41) is 3.99. The maximum Gasteiger partial charge on any atom is 0.228 e. The van der Waals surface area contributed by atoms with Gasteiger partial charge in [0.05, 0.1) is 6.54 Å². The van der Waals surface area contributed by atoms with Crippen molar-refractivity contribution >= 4 is 11.6 Å². The number of rotatable bonds is 3. The van der Waals surface area contributed by atoms with Gasteiger partial charge in [-0.15, -0.1) is 0 Å². The fraction of sp³-hybridized carbons (Fsp3) is 0.308. The third-order valence-corrected chi connectivity index (χ3v) is 3.21. The van der Waals surface area contributed by atoms with Crippen molar-refractivity contribution in [3.63, 3.8) is 0 Å². The van der Waals surface area contributed by atoms with Gasteiger partial charge in [-0.05, 0) is 18.1 Å². The number of hydrogen-bond acceptors (Lipinski definition) is 3. The molecule has 0 fully saturated rings. The molecule has 92 valence electrons. The Balaban J connectivity index is 1.67. The van der Waals surface area contributed by atoms with Crippen molar-refractivity contribution in [3.05, 3.63) is 42.5 Å². The molecule has 1 aromatic carbocycles. The SMILES string of the molecule is O=C(CCn1cncn1)N1CCc2ccccc21. The lowest BCUT2D eigenvalue weighted by molar-refractivity contribution is -0.118. The molecule has 0 saturated carbocycles. The summed E-state index contributed by atoms with van der Waals surface area (Å²) < 4.78 is 1.68. The van der Waals surface area contributed by atoms with Gasteiger partial charge in [-0.3, -0.25) is 9.48 Å². The zero-order chi connectivity index (χ0) is 12.4. The third kappa shape index (κ3) is 1.99. The highest BCUT2D eigenvalue weighted by molar-refractivity contribution is 5.95. The van der Waals surface area contributed by atoms with Crippen LogP contribution >= 0.6 is 0 Å². The molecule has 0 unspecified atom stereocenters. The van der Waals surface area contributed by atoms with Crippen molar-refractivity contribution < 1.29 is 4.79 Å². The van der Waals surface area contributed by atoms with Crippen LogP contribution in [0.15, 0.2) is 36.9 Å². The second-order valence-electron chi connectivity index (χ2n) is 4.33. The van der Waals surface area contributed by atoms with Crippen LogP contribution in [0.4, 0.5) is 5.69 Å². The molecule has 0 bridgehead atoms. The van der Waals surface area contributed by atoms with Crippen LogP contribution in [0.25, 0.3) is 0 Å². The van der Waals surface area contributed by atoms with Gasteiger partial charge < -0.3 is 4.90 Å². The second-order valence-corrected chi connectivity index (χ2v) is 4.33. The van der Waals surface area contributed by atoms with Crippen molar-refractivity contribution in [1.82, 2.24) is 14.8 Å². The number of nitrogens with zero attached hydrogens (tertiary/aromatic N) is 4. The Kier molecular flexibility index (Phi) is 2.80. The Labute approximate surface area is 105 Å². The van der Waals surface area contributed by atoms with E-state index in [9.17, 15) is 4.79 Å². The van der Waals surface area contributed by atoms with Crippen LogP contribution in [0, 0.1) is 0 Å². The number of hydrogen-bond donors (Lipinski definition) is 0. The molecular formula is C13H14N4O.